The fraction of sp³-hybridized carbons (Fsp3) is 0.429. The number of aliphatic hydroxyl groups is 4. The number of hydrogen-bond donors (Lipinski definition) is 6. The fourth-order valence-corrected chi connectivity index (χ4v) is 0.897. The molecule has 0 aliphatic rings. The van der Waals surface area contributed by atoms with Crippen LogP contribution < -0.4 is 0 Å². The number of benzene rings is 1. The third kappa shape index (κ3) is 13.0. The summed E-state index contributed by atoms with van der Waals surface area (Å²) in [5, 5.41) is 48.6. The summed E-state index contributed by atoms with van der Waals surface area (Å²) in [6.45, 7) is 0.375. The first-order chi connectivity index (χ1) is 10.4. The van der Waals surface area contributed by atoms with Gasteiger partial charge in [-0.15, -0.1) is 0 Å². The molecule has 0 fully saturated rings. The van der Waals surface area contributed by atoms with E-state index in [0.29, 0.717) is 12.8 Å². The van der Waals surface area contributed by atoms with Crippen molar-refractivity contribution in [2.45, 2.75) is 12.8 Å². The molecule has 1 aromatic rings. The van der Waals surface area contributed by atoms with Crippen molar-refractivity contribution in [3.05, 3.63) is 35.4 Å². The average molecular weight is 318 g/mol. The van der Waals surface area contributed by atoms with E-state index in [4.69, 9.17) is 30.6 Å². The Morgan fingerprint density at radius 2 is 0.864 bits per heavy atom. The monoisotopic (exact) mass is 318 g/mol. The van der Waals surface area contributed by atoms with Gasteiger partial charge in [0.25, 0.3) is 0 Å². The van der Waals surface area contributed by atoms with Crippen molar-refractivity contribution in [3.8, 4) is 0 Å². The van der Waals surface area contributed by atoms with Crippen molar-refractivity contribution in [1.82, 2.24) is 0 Å². The summed E-state index contributed by atoms with van der Waals surface area (Å²) in [6.07, 6.45) is 1.00. The van der Waals surface area contributed by atoms with E-state index in [2.05, 4.69) is 0 Å². The molecule has 6 N–H and O–H groups in total. The van der Waals surface area contributed by atoms with Gasteiger partial charge in [0.2, 0.25) is 0 Å². The number of aromatic carboxylic acids is 2. The van der Waals surface area contributed by atoms with Gasteiger partial charge in [0.1, 0.15) is 0 Å². The first-order valence-electron chi connectivity index (χ1n) is 6.44. The molecule has 0 amide bonds. The van der Waals surface area contributed by atoms with E-state index in [1.54, 1.807) is 0 Å². The molecule has 0 atom stereocenters. The highest BCUT2D eigenvalue weighted by Gasteiger charge is 2.04. The summed E-state index contributed by atoms with van der Waals surface area (Å²) >= 11 is 0. The molecule has 0 aromatic heterocycles. The Balaban J connectivity index is 0. The lowest BCUT2D eigenvalue weighted by atomic mass is 10.1. The van der Waals surface area contributed by atoms with Crippen LogP contribution >= 0.6 is 0 Å². The van der Waals surface area contributed by atoms with Crippen LogP contribution in [0.4, 0.5) is 0 Å². The summed E-state index contributed by atoms with van der Waals surface area (Å²) in [7, 11) is 0. The van der Waals surface area contributed by atoms with Crippen LogP contribution in [0.25, 0.3) is 0 Å². The Morgan fingerprint density at radius 1 is 0.636 bits per heavy atom. The van der Waals surface area contributed by atoms with Gasteiger partial charge < -0.3 is 30.6 Å². The predicted molar refractivity (Wildman–Crippen MR) is 77.9 cm³/mol. The van der Waals surface area contributed by atoms with E-state index in [9.17, 15) is 9.59 Å². The van der Waals surface area contributed by atoms with Crippen LogP contribution in [-0.2, 0) is 0 Å². The molecule has 0 aliphatic carbocycles. The second-order valence-corrected chi connectivity index (χ2v) is 3.79. The zero-order valence-electron chi connectivity index (χ0n) is 12.1. The van der Waals surface area contributed by atoms with Gasteiger partial charge in [-0.05, 0) is 37.1 Å². The van der Waals surface area contributed by atoms with Gasteiger partial charge in [0.15, 0.2) is 0 Å². The topological polar surface area (TPSA) is 156 Å². The third-order valence-corrected chi connectivity index (χ3v) is 2.01. The summed E-state index contributed by atoms with van der Waals surface area (Å²) in [4.78, 5) is 20.7. The highest BCUT2D eigenvalue weighted by molar-refractivity contribution is 5.91. The van der Waals surface area contributed by atoms with E-state index >= 15 is 0 Å². The fourth-order valence-electron chi connectivity index (χ4n) is 0.897. The van der Waals surface area contributed by atoms with Crippen LogP contribution in [0, 0.1) is 0 Å². The number of carboxylic acid groups (broad SMARTS) is 2. The molecule has 1 aromatic carbocycles. The Bertz CT molecular complexity index is 359. The minimum atomic E-state index is -1.06. The van der Waals surface area contributed by atoms with Crippen LogP contribution in [0.3, 0.4) is 0 Å². The summed E-state index contributed by atoms with van der Waals surface area (Å²) in [5.41, 5.74) is 0.167. The molecule has 0 aliphatic heterocycles. The van der Waals surface area contributed by atoms with E-state index in [0.717, 1.165) is 0 Å². The Morgan fingerprint density at radius 3 is 0.955 bits per heavy atom. The molecule has 0 bridgehead atoms. The zero-order valence-corrected chi connectivity index (χ0v) is 12.1. The zero-order chi connectivity index (χ0) is 17.4. The van der Waals surface area contributed by atoms with Gasteiger partial charge >= 0.3 is 11.9 Å². The van der Waals surface area contributed by atoms with Gasteiger partial charge in [-0.3, -0.25) is 0 Å². The van der Waals surface area contributed by atoms with Gasteiger partial charge in [0.05, 0.1) is 11.1 Å². The molecule has 0 unspecified atom stereocenters. The standard InChI is InChI=1S/C8H6O4.2C3H8O2/c9-7(10)5-1-2-6(4-3-5)8(11)12;2*4-2-1-3-5/h1-4H,(H,9,10)(H,11,12);2*4-5H,1-3H2. The summed E-state index contributed by atoms with van der Waals surface area (Å²) < 4.78 is 0. The van der Waals surface area contributed by atoms with Gasteiger partial charge in [0, 0.05) is 26.4 Å². The van der Waals surface area contributed by atoms with Crippen LogP contribution in [0.5, 0.6) is 0 Å². The maximum absolute atomic E-state index is 10.3. The number of aliphatic hydroxyl groups excluding tert-OH is 4. The van der Waals surface area contributed by atoms with Crippen LogP contribution in [0.15, 0.2) is 24.3 Å². The molecule has 0 heterocycles. The maximum Gasteiger partial charge on any atom is 0.335 e. The molecule has 0 radical (unpaired) electrons. The predicted octanol–water partition coefficient (Wildman–Crippen LogP) is -0.195. The van der Waals surface area contributed by atoms with Crippen molar-refractivity contribution in [2.75, 3.05) is 26.4 Å². The lowest BCUT2D eigenvalue weighted by Gasteiger charge is -1.94. The van der Waals surface area contributed by atoms with E-state index in [1.807, 2.05) is 0 Å². The number of hydrogen-bond acceptors (Lipinski definition) is 6. The highest BCUT2D eigenvalue weighted by Crippen LogP contribution is 2.03. The van der Waals surface area contributed by atoms with Crippen molar-refractivity contribution in [1.29, 1.82) is 0 Å². The molecule has 0 saturated carbocycles. The van der Waals surface area contributed by atoms with Crippen molar-refractivity contribution < 1.29 is 40.2 Å². The van der Waals surface area contributed by atoms with Crippen LogP contribution in [0.2, 0.25) is 0 Å². The molecular weight excluding hydrogens is 296 g/mol. The lowest BCUT2D eigenvalue weighted by Crippen LogP contribution is -1.99. The van der Waals surface area contributed by atoms with Crippen molar-refractivity contribution in [2.24, 2.45) is 0 Å². The smallest absolute Gasteiger partial charge is 0.335 e. The lowest BCUT2D eigenvalue weighted by molar-refractivity contribution is 0.0681. The van der Waals surface area contributed by atoms with E-state index in [1.165, 1.54) is 24.3 Å². The van der Waals surface area contributed by atoms with Crippen molar-refractivity contribution >= 4 is 11.9 Å². The summed E-state index contributed by atoms with van der Waals surface area (Å²) in [6, 6.07) is 5.02. The number of carboxylic acids is 2. The normalized spacial score (nSPS) is 8.91. The van der Waals surface area contributed by atoms with Crippen LogP contribution in [0.1, 0.15) is 33.6 Å². The Hall–Kier alpha value is -2.00. The number of rotatable bonds is 6. The Kier molecular flexibility index (Phi) is 15.6. The van der Waals surface area contributed by atoms with Gasteiger partial charge in [-0.2, -0.15) is 0 Å². The SMILES string of the molecule is O=C(O)c1ccc(C(=O)O)cc1.OCCCO.OCCCO. The summed E-state index contributed by atoms with van der Waals surface area (Å²) in [5.74, 6) is -2.13. The van der Waals surface area contributed by atoms with Crippen LogP contribution in [-0.4, -0.2) is 69.0 Å². The number of carbonyl (C=O) groups is 2. The molecule has 1 rings (SSSR count). The second kappa shape index (κ2) is 15.4. The molecule has 0 spiro atoms. The third-order valence-electron chi connectivity index (χ3n) is 2.01. The molecule has 126 valence electrons. The first-order valence-corrected chi connectivity index (χ1v) is 6.44. The average Bonchev–Trinajstić information content (AvgIpc) is 2.50. The molecule has 8 nitrogen and oxygen atoms in total. The van der Waals surface area contributed by atoms with Crippen molar-refractivity contribution in [3.63, 3.8) is 0 Å². The maximum atomic E-state index is 10.3. The van der Waals surface area contributed by atoms with Gasteiger partial charge in [-0.1, -0.05) is 0 Å². The second-order valence-electron chi connectivity index (χ2n) is 3.79. The Labute approximate surface area is 127 Å². The minimum absolute atomic E-state index is 0.0833. The quantitative estimate of drug-likeness (QED) is 0.421. The van der Waals surface area contributed by atoms with E-state index in [-0.39, 0.29) is 37.6 Å². The largest absolute Gasteiger partial charge is 0.478 e. The molecule has 0 saturated heterocycles. The molecular formula is C14H22O8. The minimum Gasteiger partial charge on any atom is -0.478 e. The highest BCUT2D eigenvalue weighted by atomic mass is 16.4. The first kappa shape index (κ1) is 22.3. The van der Waals surface area contributed by atoms with Gasteiger partial charge in [-0.25, -0.2) is 9.59 Å². The molecule has 22 heavy (non-hydrogen) atoms. The molecule has 8 heteroatoms. The van der Waals surface area contributed by atoms with E-state index < -0.39 is 11.9 Å².